The van der Waals surface area contributed by atoms with Crippen LogP contribution in [0.2, 0.25) is 0 Å². The number of ether oxygens (including phenoxy) is 2. The number of hydrogen-bond donors (Lipinski definition) is 0. The average molecular weight is 453 g/mol. The van der Waals surface area contributed by atoms with Crippen molar-refractivity contribution in [2.75, 3.05) is 13.2 Å². The molecule has 0 saturated heterocycles. The molecule has 0 aliphatic carbocycles. The maximum Gasteiger partial charge on any atom is 0.305 e. The number of allylic oxidation sites excluding steroid dienone is 2. The summed E-state index contributed by atoms with van der Waals surface area (Å²) < 4.78 is 10.5. The lowest BCUT2D eigenvalue weighted by atomic mass is 10.1. The Labute approximate surface area is 198 Å². The maximum atomic E-state index is 11.6. The Balaban J connectivity index is 3.27. The lowest BCUT2D eigenvalue weighted by Gasteiger charge is -2.05. The summed E-state index contributed by atoms with van der Waals surface area (Å²) in [5.74, 6) is -0.0678. The standard InChI is InChI=1S/C28H52O4/c1-3-5-7-21-25-31-27(29)23-19-17-15-13-11-9-10-12-14-16-18-20-24-28(30)32-26-22-8-6-4-2/h13,15H,3-12,14,16-26H2,1-2H3/b15-13+. The van der Waals surface area contributed by atoms with Crippen LogP contribution in [0.1, 0.15) is 142 Å². The van der Waals surface area contributed by atoms with E-state index in [0.717, 1.165) is 57.8 Å². The molecule has 0 atom stereocenters. The lowest BCUT2D eigenvalue weighted by molar-refractivity contribution is -0.144. The van der Waals surface area contributed by atoms with Crippen LogP contribution in [-0.2, 0) is 19.1 Å². The van der Waals surface area contributed by atoms with Crippen molar-refractivity contribution in [3.8, 4) is 0 Å². The van der Waals surface area contributed by atoms with E-state index in [9.17, 15) is 9.59 Å². The van der Waals surface area contributed by atoms with Gasteiger partial charge in [-0.2, -0.15) is 0 Å². The van der Waals surface area contributed by atoms with Gasteiger partial charge in [0, 0.05) is 12.8 Å². The molecule has 0 amide bonds. The second-order valence-electron chi connectivity index (χ2n) is 8.94. The molecule has 0 spiro atoms. The predicted octanol–water partition coefficient (Wildman–Crippen LogP) is 8.47. The first-order valence-corrected chi connectivity index (χ1v) is 13.7. The van der Waals surface area contributed by atoms with Gasteiger partial charge in [0.05, 0.1) is 13.2 Å². The summed E-state index contributed by atoms with van der Waals surface area (Å²) in [6, 6.07) is 0. The third-order valence-corrected chi connectivity index (χ3v) is 5.69. The Morgan fingerprint density at radius 2 is 0.906 bits per heavy atom. The lowest BCUT2D eigenvalue weighted by Crippen LogP contribution is -2.05. The Hall–Kier alpha value is -1.32. The van der Waals surface area contributed by atoms with Gasteiger partial charge in [-0.1, -0.05) is 96.6 Å². The van der Waals surface area contributed by atoms with Crippen molar-refractivity contribution < 1.29 is 19.1 Å². The van der Waals surface area contributed by atoms with E-state index in [1.54, 1.807) is 0 Å². The summed E-state index contributed by atoms with van der Waals surface area (Å²) in [6.45, 7) is 5.55. The Morgan fingerprint density at radius 1 is 0.500 bits per heavy atom. The molecule has 0 fully saturated rings. The van der Waals surface area contributed by atoms with Gasteiger partial charge in [-0.25, -0.2) is 0 Å². The van der Waals surface area contributed by atoms with Gasteiger partial charge >= 0.3 is 11.9 Å². The van der Waals surface area contributed by atoms with Crippen molar-refractivity contribution in [1.82, 2.24) is 0 Å². The van der Waals surface area contributed by atoms with E-state index < -0.39 is 0 Å². The zero-order valence-corrected chi connectivity index (χ0v) is 21.3. The topological polar surface area (TPSA) is 52.6 Å². The molecule has 0 heterocycles. The Morgan fingerprint density at radius 3 is 1.44 bits per heavy atom. The van der Waals surface area contributed by atoms with Gasteiger partial charge in [0.15, 0.2) is 0 Å². The van der Waals surface area contributed by atoms with E-state index in [-0.39, 0.29) is 11.9 Å². The van der Waals surface area contributed by atoms with Crippen LogP contribution >= 0.6 is 0 Å². The van der Waals surface area contributed by atoms with Crippen LogP contribution in [0.5, 0.6) is 0 Å². The minimum Gasteiger partial charge on any atom is -0.466 e. The monoisotopic (exact) mass is 452 g/mol. The second-order valence-corrected chi connectivity index (χ2v) is 8.94. The van der Waals surface area contributed by atoms with Gasteiger partial charge in [0.2, 0.25) is 0 Å². The molecule has 0 aliphatic heterocycles. The first-order chi connectivity index (χ1) is 15.7. The summed E-state index contributed by atoms with van der Waals surface area (Å²) in [4.78, 5) is 23.2. The van der Waals surface area contributed by atoms with Gasteiger partial charge in [-0.3, -0.25) is 9.59 Å². The molecule has 0 aromatic heterocycles. The minimum atomic E-state index is -0.0470. The number of esters is 2. The fourth-order valence-electron chi connectivity index (χ4n) is 3.59. The highest BCUT2D eigenvalue weighted by atomic mass is 16.5. The molecule has 0 saturated carbocycles. The van der Waals surface area contributed by atoms with Gasteiger partial charge < -0.3 is 9.47 Å². The van der Waals surface area contributed by atoms with Crippen molar-refractivity contribution in [2.45, 2.75) is 142 Å². The summed E-state index contributed by atoms with van der Waals surface area (Å²) in [7, 11) is 0. The van der Waals surface area contributed by atoms with Gasteiger partial charge in [0.1, 0.15) is 0 Å². The van der Waals surface area contributed by atoms with Crippen LogP contribution in [0.4, 0.5) is 0 Å². The van der Waals surface area contributed by atoms with Crippen LogP contribution in [0, 0.1) is 0 Å². The highest BCUT2D eigenvalue weighted by Gasteiger charge is 2.03. The third kappa shape index (κ3) is 24.9. The SMILES string of the molecule is CCCCCCOC(=O)CCC/C=C/CCCCCCCCCC(=O)OCCCCCC. The van der Waals surface area contributed by atoms with Crippen molar-refractivity contribution in [3.05, 3.63) is 12.2 Å². The number of unbranched alkanes of at least 4 members (excludes halogenated alkanes) is 14. The van der Waals surface area contributed by atoms with Crippen LogP contribution < -0.4 is 0 Å². The molecular weight excluding hydrogens is 400 g/mol. The van der Waals surface area contributed by atoms with Crippen LogP contribution in [0.25, 0.3) is 0 Å². The fourth-order valence-corrected chi connectivity index (χ4v) is 3.59. The molecule has 0 aliphatic rings. The number of carbonyl (C=O) groups excluding carboxylic acids is 2. The summed E-state index contributed by atoms with van der Waals surface area (Å²) in [5, 5.41) is 0. The van der Waals surface area contributed by atoms with E-state index in [0.29, 0.717) is 26.1 Å². The molecule has 0 unspecified atom stereocenters. The molecule has 4 heteroatoms. The molecule has 0 radical (unpaired) electrons. The predicted molar refractivity (Wildman–Crippen MR) is 135 cm³/mol. The smallest absolute Gasteiger partial charge is 0.305 e. The van der Waals surface area contributed by atoms with E-state index in [1.165, 1.54) is 57.8 Å². The normalized spacial score (nSPS) is 11.2. The van der Waals surface area contributed by atoms with Crippen molar-refractivity contribution in [3.63, 3.8) is 0 Å². The molecule has 0 aromatic carbocycles. The fraction of sp³-hybridized carbons (Fsp3) is 0.857. The van der Waals surface area contributed by atoms with Crippen molar-refractivity contribution >= 4 is 11.9 Å². The highest BCUT2D eigenvalue weighted by Crippen LogP contribution is 2.11. The third-order valence-electron chi connectivity index (χ3n) is 5.69. The summed E-state index contributed by atoms with van der Waals surface area (Å²) in [6.07, 6.45) is 26.1. The molecule has 0 aromatic rings. The minimum absolute atomic E-state index is 0.0208. The molecule has 0 N–H and O–H groups in total. The van der Waals surface area contributed by atoms with Crippen molar-refractivity contribution in [1.29, 1.82) is 0 Å². The second kappa shape index (κ2) is 25.9. The van der Waals surface area contributed by atoms with E-state index in [1.807, 2.05) is 0 Å². The van der Waals surface area contributed by atoms with E-state index >= 15 is 0 Å². The number of carbonyl (C=O) groups is 2. The largest absolute Gasteiger partial charge is 0.466 e. The molecule has 4 nitrogen and oxygen atoms in total. The van der Waals surface area contributed by atoms with Crippen LogP contribution in [0.15, 0.2) is 12.2 Å². The van der Waals surface area contributed by atoms with Gasteiger partial charge in [-0.05, 0) is 44.9 Å². The zero-order chi connectivity index (χ0) is 23.5. The molecular formula is C28H52O4. The summed E-state index contributed by atoms with van der Waals surface area (Å²) in [5.41, 5.74) is 0. The zero-order valence-electron chi connectivity index (χ0n) is 21.3. The molecule has 32 heavy (non-hydrogen) atoms. The number of hydrogen-bond acceptors (Lipinski definition) is 4. The average Bonchev–Trinajstić information content (AvgIpc) is 2.79. The first-order valence-electron chi connectivity index (χ1n) is 13.7. The van der Waals surface area contributed by atoms with Crippen LogP contribution in [-0.4, -0.2) is 25.2 Å². The highest BCUT2D eigenvalue weighted by molar-refractivity contribution is 5.69. The summed E-state index contributed by atoms with van der Waals surface area (Å²) >= 11 is 0. The Kier molecular flexibility index (Phi) is 24.9. The van der Waals surface area contributed by atoms with Crippen LogP contribution in [0.3, 0.4) is 0 Å². The Bertz CT molecular complexity index is 445. The number of rotatable bonds is 24. The quantitative estimate of drug-likeness (QED) is 0.0837. The maximum absolute atomic E-state index is 11.6. The first kappa shape index (κ1) is 30.7. The molecule has 188 valence electrons. The molecule has 0 rings (SSSR count). The van der Waals surface area contributed by atoms with E-state index in [4.69, 9.17) is 9.47 Å². The van der Waals surface area contributed by atoms with Gasteiger partial charge in [-0.15, -0.1) is 0 Å². The molecule has 0 bridgehead atoms. The van der Waals surface area contributed by atoms with Gasteiger partial charge in [0.25, 0.3) is 0 Å². The van der Waals surface area contributed by atoms with Crippen molar-refractivity contribution in [2.24, 2.45) is 0 Å². The van der Waals surface area contributed by atoms with E-state index in [2.05, 4.69) is 26.0 Å².